The molecule has 0 amide bonds. The Morgan fingerprint density at radius 2 is 2.24 bits per heavy atom. The third kappa shape index (κ3) is 4.53. The summed E-state index contributed by atoms with van der Waals surface area (Å²) in [5.74, 6) is 6.71. The molecule has 0 N–H and O–H groups in total. The lowest BCUT2D eigenvalue weighted by Gasteiger charge is -2.28. The molecule has 0 saturated carbocycles. The molecular weight excluding hydrogens is 260 g/mol. The molecule has 0 bridgehead atoms. The molecule has 1 aromatic rings. The summed E-state index contributed by atoms with van der Waals surface area (Å²) in [4.78, 5) is 5.32. The molecule has 4 heteroatoms. The molecule has 1 aliphatic rings. The van der Waals surface area contributed by atoms with E-state index in [2.05, 4.69) is 33.7 Å². The van der Waals surface area contributed by atoms with E-state index in [-0.39, 0.29) is 6.04 Å². The molecule has 4 nitrogen and oxygen atoms in total. The zero-order valence-electron chi connectivity index (χ0n) is 12.6. The Hall–Kier alpha value is -1.95. The van der Waals surface area contributed by atoms with Crippen molar-refractivity contribution in [2.75, 3.05) is 13.1 Å². The van der Waals surface area contributed by atoms with Crippen LogP contribution in [0.3, 0.4) is 0 Å². The highest BCUT2D eigenvalue weighted by atomic mass is 15.2. The molecule has 2 rings (SSSR count). The molecule has 1 aromatic carbocycles. The minimum absolute atomic E-state index is 0.261. The number of azide groups is 1. The number of hydrogen-bond donors (Lipinski definition) is 0. The van der Waals surface area contributed by atoms with Gasteiger partial charge in [-0.1, -0.05) is 48.5 Å². The minimum atomic E-state index is 0.261. The van der Waals surface area contributed by atoms with E-state index in [1.54, 1.807) is 0 Å². The van der Waals surface area contributed by atoms with Gasteiger partial charge in [-0.2, -0.15) is 0 Å². The maximum absolute atomic E-state index is 8.52. The van der Waals surface area contributed by atoms with E-state index in [0.717, 1.165) is 31.4 Å². The SMILES string of the molecule is CCC[C@@H](C#Cc1ccccc1)N1CCC[C@H]1CN=[N+]=[N-]. The predicted molar refractivity (Wildman–Crippen MR) is 85.8 cm³/mol. The summed E-state index contributed by atoms with van der Waals surface area (Å²) in [5.41, 5.74) is 9.58. The fraction of sp³-hybridized carbons (Fsp3) is 0.529. The zero-order chi connectivity index (χ0) is 14.9. The maximum Gasteiger partial charge on any atom is 0.0720 e. The second kappa shape index (κ2) is 8.36. The molecule has 1 fully saturated rings. The third-order valence-electron chi connectivity index (χ3n) is 3.90. The van der Waals surface area contributed by atoms with Crippen molar-refractivity contribution in [3.05, 3.63) is 46.3 Å². The van der Waals surface area contributed by atoms with Crippen LogP contribution in [0.5, 0.6) is 0 Å². The van der Waals surface area contributed by atoms with Crippen molar-refractivity contribution in [3.63, 3.8) is 0 Å². The Labute approximate surface area is 126 Å². The van der Waals surface area contributed by atoms with Crippen LogP contribution in [0.4, 0.5) is 0 Å². The van der Waals surface area contributed by atoms with Gasteiger partial charge in [0, 0.05) is 23.1 Å². The minimum Gasteiger partial charge on any atom is -0.287 e. The van der Waals surface area contributed by atoms with Crippen molar-refractivity contribution in [3.8, 4) is 11.8 Å². The lowest BCUT2D eigenvalue weighted by molar-refractivity contribution is 0.212. The Kier molecular flexibility index (Phi) is 6.15. The Morgan fingerprint density at radius 3 is 2.95 bits per heavy atom. The first-order chi connectivity index (χ1) is 10.3. The highest BCUT2D eigenvalue weighted by molar-refractivity contribution is 5.34. The van der Waals surface area contributed by atoms with Gasteiger partial charge in [-0.15, -0.1) is 0 Å². The number of likely N-dealkylation sites (tertiary alicyclic amines) is 1. The lowest BCUT2D eigenvalue weighted by atomic mass is 10.1. The normalized spacial score (nSPS) is 19.4. The second-order valence-corrected chi connectivity index (χ2v) is 5.39. The summed E-state index contributed by atoms with van der Waals surface area (Å²) in [6, 6.07) is 10.7. The summed E-state index contributed by atoms with van der Waals surface area (Å²) < 4.78 is 0. The fourth-order valence-electron chi connectivity index (χ4n) is 2.88. The molecule has 2 atom stereocenters. The molecule has 21 heavy (non-hydrogen) atoms. The van der Waals surface area contributed by atoms with Gasteiger partial charge in [0.05, 0.1) is 6.04 Å². The number of rotatable bonds is 5. The molecule has 0 aromatic heterocycles. The lowest BCUT2D eigenvalue weighted by Crippen LogP contribution is -2.39. The second-order valence-electron chi connectivity index (χ2n) is 5.39. The van der Waals surface area contributed by atoms with Crippen LogP contribution >= 0.6 is 0 Å². The first kappa shape index (κ1) is 15.4. The van der Waals surface area contributed by atoms with Gasteiger partial charge in [0.15, 0.2) is 0 Å². The van der Waals surface area contributed by atoms with Crippen LogP contribution in [0.1, 0.15) is 38.2 Å². The number of hydrogen-bond acceptors (Lipinski definition) is 2. The van der Waals surface area contributed by atoms with E-state index in [1.807, 2.05) is 30.3 Å². The van der Waals surface area contributed by atoms with E-state index in [1.165, 1.54) is 6.42 Å². The Morgan fingerprint density at radius 1 is 1.43 bits per heavy atom. The monoisotopic (exact) mass is 282 g/mol. The van der Waals surface area contributed by atoms with Crippen molar-refractivity contribution < 1.29 is 0 Å². The van der Waals surface area contributed by atoms with Crippen molar-refractivity contribution >= 4 is 0 Å². The number of benzene rings is 1. The largest absolute Gasteiger partial charge is 0.287 e. The molecule has 1 heterocycles. The fourth-order valence-corrected chi connectivity index (χ4v) is 2.88. The van der Waals surface area contributed by atoms with Gasteiger partial charge in [-0.3, -0.25) is 4.90 Å². The predicted octanol–water partition coefficient (Wildman–Crippen LogP) is 3.98. The van der Waals surface area contributed by atoms with E-state index in [0.29, 0.717) is 12.6 Å². The van der Waals surface area contributed by atoms with Crippen LogP contribution in [-0.4, -0.2) is 30.1 Å². The quantitative estimate of drug-likeness (QED) is 0.349. The van der Waals surface area contributed by atoms with Gasteiger partial charge >= 0.3 is 0 Å². The topological polar surface area (TPSA) is 52.0 Å². The highest BCUT2D eigenvalue weighted by Crippen LogP contribution is 2.22. The van der Waals surface area contributed by atoms with Crippen LogP contribution in [0, 0.1) is 11.8 Å². The molecule has 110 valence electrons. The molecule has 0 unspecified atom stereocenters. The first-order valence-corrected chi connectivity index (χ1v) is 7.68. The van der Waals surface area contributed by atoms with E-state index in [4.69, 9.17) is 5.53 Å². The maximum atomic E-state index is 8.52. The van der Waals surface area contributed by atoms with Gasteiger partial charge in [-0.05, 0) is 43.5 Å². The molecule has 1 saturated heterocycles. The highest BCUT2D eigenvalue weighted by Gasteiger charge is 2.28. The van der Waals surface area contributed by atoms with Gasteiger partial charge in [0.1, 0.15) is 0 Å². The molecular formula is C17H22N4. The standard InChI is InChI=1S/C17H22N4/c1-2-7-16(12-11-15-8-4-3-5-9-15)21-13-6-10-17(21)14-19-20-18/h3-5,8-9,16-17H,2,6-7,10,13-14H2,1H3/t16-,17-/m0/s1. The smallest absolute Gasteiger partial charge is 0.0720 e. The molecule has 0 spiro atoms. The van der Waals surface area contributed by atoms with Crippen molar-refractivity contribution in [2.24, 2.45) is 5.11 Å². The summed E-state index contributed by atoms with van der Waals surface area (Å²) in [6.07, 6.45) is 4.44. The van der Waals surface area contributed by atoms with E-state index in [9.17, 15) is 0 Å². The Bertz CT molecular complexity index is 537. The summed E-state index contributed by atoms with van der Waals surface area (Å²) in [6.45, 7) is 3.80. The van der Waals surface area contributed by atoms with Crippen molar-refractivity contribution in [1.29, 1.82) is 0 Å². The average molecular weight is 282 g/mol. The number of nitrogens with zero attached hydrogens (tertiary/aromatic N) is 4. The van der Waals surface area contributed by atoms with E-state index >= 15 is 0 Å². The summed E-state index contributed by atoms with van der Waals surface area (Å²) in [7, 11) is 0. The van der Waals surface area contributed by atoms with Gasteiger partial charge in [0.25, 0.3) is 0 Å². The van der Waals surface area contributed by atoms with Crippen LogP contribution in [0.2, 0.25) is 0 Å². The van der Waals surface area contributed by atoms with Crippen LogP contribution in [-0.2, 0) is 0 Å². The van der Waals surface area contributed by atoms with Crippen molar-refractivity contribution in [2.45, 2.75) is 44.7 Å². The molecule has 0 radical (unpaired) electrons. The van der Waals surface area contributed by atoms with Gasteiger partial charge in [-0.25, -0.2) is 0 Å². The van der Waals surface area contributed by atoms with Crippen molar-refractivity contribution in [1.82, 2.24) is 4.90 Å². The average Bonchev–Trinajstić information content (AvgIpc) is 2.98. The third-order valence-corrected chi connectivity index (χ3v) is 3.90. The van der Waals surface area contributed by atoms with E-state index < -0.39 is 0 Å². The van der Waals surface area contributed by atoms with Crippen LogP contribution in [0.25, 0.3) is 10.4 Å². The Balaban J connectivity index is 2.11. The molecule has 0 aliphatic carbocycles. The summed E-state index contributed by atoms with van der Waals surface area (Å²) >= 11 is 0. The molecule has 1 aliphatic heterocycles. The summed E-state index contributed by atoms with van der Waals surface area (Å²) in [5, 5.41) is 3.76. The zero-order valence-corrected chi connectivity index (χ0v) is 12.6. The first-order valence-electron chi connectivity index (χ1n) is 7.68. The van der Waals surface area contributed by atoms with Crippen LogP contribution < -0.4 is 0 Å². The van der Waals surface area contributed by atoms with Gasteiger partial charge in [0.2, 0.25) is 0 Å². The van der Waals surface area contributed by atoms with Crippen LogP contribution in [0.15, 0.2) is 35.4 Å². The van der Waals surface area contributed by atoms with Gasteiger partial charge < -0.3 is 0 Å².